The Balaban J connectivity index is 0.000000239. The second-order valence-corrected chi connectivity index (χ2v) is 25.2. The summed E-state index contributed by atoms with van der Waals surface area (Å²) in [5.74, 6) is -1.15. The number of aliphatic hydroxyl groups is 2. The molecule has 1 aromatic heterocycles. The van der Waals surface area contributed by atoms with Gasteiger partial charge >= 0.3 is 17.9 Å². The van der Waals surface area contributed by atoms with Crippen molar-refractivity contribution in [3.8, 4) is 11.5 Å². The molecular weight excluding hydrogens is 1110 g/mol. The Labute approximate surface area is 517 Å². The van der Waals surface area contributed by atoms with Gasteiger partial charge in [0.15, 0.2) is 6.10 Å². The van der Waals surface area contributed by atoms with Crippen molar-refractivity contribution in [3.05, 3.63) is 173 Å². The maximum Gasteiger partial charge on any atom is 0.344 e. The molecule has 1 amide bonds. The third-order valence-electron chi connectivity index (χ3n) is 20.3. The van der Waals surface area contributed by atoms with Gasteiger partial charge in [0, 0.05) is 84.7 Å². The molecule has 1 saturated carbocycles. The molecule has 10 atom stereocenters. The highest BCUT2D eigenvalue weighted by Gasteiger charge is 2.81. The second kappa shape index (κ2) is 24.8. The lowest BCUT2D eigenvalue weighted by Crippen LogP contribution is -2.81. The smallest absolute Gasteiger partial charge is 0.344 e. The number of hydrogen-bond acceptors (Lipinski definition) is 14. The molecule has 16 heteroatoms. The van der Waals surface area contributed by atoms with Gasteiger partial charge in [-0.05, 0) is 135 Å². The Morgan fingerprint density at radius 2 is 1.47 bits per heavy atom. The first-order valence-corrected chi connectivity index (χ1v) is 31.2. The van der Waals surface area contributed by atoms with Crippen molar-refractivity contribution in [1.82, 2.24) is 19.7 Å². The summed E-state index contributed by atoms with van der Waals surface area (Å²) >= 11 is 0. The number of esters is 3. The summed E-state index contributed by atoms with van der Waals surface area (Å²) in [4.78, 5) is 68.3. The van der Waals surface area contributed by atoms with Crippen LogP contribution in [0.3, 0.4) is 0 Å². The first-order chi connectivity index (χ1) is 42.4. The molecular formula is C72H85N5O11. The fraction of sp³-hybridized carbons (Fsp3) is 0.444. The predicted octanol–water partition coefficient (Wildman–Crippen LogP) is 9.51. The van der Waals surface area contributed by atoms with Crippen molar-refractivity contribution in [1.29, 1.82) is 0 Å². The van der Waals surface area contributed by atoms with Crippen LogP contribution in [0.25, 0.3) is 22.0 Å². The van der Waals surface area contributed by atoms with Crippen LogP contribution in [-0.2, 0) is 50.6 Å². The van der Waals surface area contributed by atoms with Gasteiger partial charge in [-0.2, -0.15) is 0 Å². The zero-order chi connectivity index (χ0) is 62.3. The molecule has 6 heterocycles. The molecule has 88 heavy (non-hydrogen) atoms. The minimum absolute atomic E-state index is 0.155. The van der Waals surface area contributed by atoms with Crippen molar-refractivity contribution >= 4 is 52.1 Å². The summed E-state index contributed by atoms with van der Waals surface area (Å²) in [5.41, 5.74) is 3.22. The van der Waals surface area contributed by atoms with E-state index in [2.05, 4.69) is 132 Å². The number of benzene rings is 5. The van der Waals surface area contributed by atoms with Gasteiger partial charge in [0.1, 0.15) is 23.5 Å². The van der Waals surface area contributed by atoms with E-state index >= 15 is 4.79 Å². The summed E-state index contributed by atoms with van der Waals surface area (Å²) in [6.07, 6.45) is 6.80. The monoisotopic (exact) mass is 1200 g/mol. The average molecular weight is 1200 g/mol. The topological polar surface area (TPSA) is 184 Å². The molecule has 6 aromatic rings. The Morgan fingerprint density at radius 3 is 2.10 bits per heavy atom. The van der Waals surface area contributed by atoms with E-state index in [1.165, 1.54) is 61.0 Å². The first kappa shape index (κ1) is 62.0. The molecule has 2 saturated heterocycles. The lowest BCUT2D eigenvalue weighted by atomic mass is 9.47. The van der Waals surface area contributed by atoms with E-state index in [1.807, 2.05) is 50.3 Å². The summed E-state index contributed by atoms with van der Waals surface area (Å²) < 4.78 is 29.6. The quantitative estimate of drug-likeness (QED) is 0.0274. The highest BCUT2D eigenvalue weighted by Crippen LogP contribution is 2.68. The lowest BCUT2D eigenvalue weighted by Gasteiger charge is -2.63. The summed E-state index contributed by atoms with van der Waals surface area (Å²) in [5, 5.41) is 26.3. The van der Waals surface area contributed by atoms with Crippen LogP contribution in [-0.4, -0.2) is 165 Å². The number of aromatic nitrogens is 1. The predicted molar refractivity (Wildman–Crippen MR) is 340 cm³/mol. The zero-order valence-electron chi connectivity index (χ0n) is 52.3. The van der Waals surface area contributed by atoms with Crippen molar-refractivity contribution in [3.63, 3.8) is 0 Å². The van der Waals surface area contributed by atoms with Crippen LogP contribution in [0.15, 0.2) is 133 Å². The average Bonchev–Trinajstić information content (AvgIpc) is 1.43. The van der Waals surface area contributed by atoms with Crippen LogP contribution < -0.4 is 14.4 Å². The number of aromatic amines is 1. The number of methoxy groups -OCH3 is 3. The number of ether oxygens (including phenoxy) is 5. The van der Waals surface area contributed by atoms with E-state index < -0.39 is 63.5 Å². The van der Waals surface area contributed by atoms with Gasteiger partial charge in [-0.25, -0.2) is 4.79 Å². The van der Waals surface area contributed by atoms with E-state index in [0.717, 1.165) is 35.2 Å². The van der Waals surface area contributed by atoms with Crippen LogP contribution in [0.2, 0.25) is 0 Å². The summed E-state index contributed by atoms with van der Waals surface area (Å²) in [6.45, 7) is 12.0. The number of H-pyrrole nitrogens is 1. The summed E-state index contributed by atoms with van der Waals surface area (Å²) in [6, 6.07) is 39.8. The number of anilines is 1. The molecule has 12 rings (SSSR count). The fourth-order valence-corrected chi connectivity index (χ4v) is 16.7. The number of fused-ring (bicyclic) bond motifs is 6. The molecule has 1 spiro atoms. The maximum absolute atomic E-state index is 15.3. The number of likely N-dealkylation sites (N-methyl/N-ethyl adjacent to an activating group) is 1. The Bertz CT molecular complexity index is 3620. The second-order valence-electron chi connectivity index (χ2n) is 25.2. The van der Waals surface area contributed by atoms with Gasteiger partial charge in [-0.3, -0.25) is 24.2 Å². The van der Waals surface area contributed by atoms with Crippen molar-refractivity contribution in [2.45, 2.75) is 113 Å². The van der Waals surface area contributed by atoms with Gasteiger partial charge in [0.2, 0.25) is 12.0 Å². The molecule has 6 aliphatic rings. The van der Waals surface area contributed by atoms with E-state index in [4.69, 9.17) is 23.7 Å². The van der Waals surface area contributed by atoms with Crippen LogP contribution in [0, 0.1) is 11.3 Å². The maximum atomic E-state index is 15.3. The molecule has 464 valence electrons. The van der Waals surface area contributed by atoms with E-state index in [9.17, 15) is 24.6 Å². The molecule has 5 aliphatic heterocycles. The minimum atomic E-state index is -2.53. The molecule has 2 bridgehead atoms. The third-order valence-corrected chi connectivity index (χ3v) is 20.3. The number of hydrogen-bond donors (Lipinski definition) is 3. The van der Waals surface area contributed by atoms with E-state index in [0.29, 0.717) is 106 Å². The molecule has 3 N–H and O–H groups in total. The fourth-order valence-electron chi connectivity index (χ4n) is 16.7. The SMILES string of the molecule is CC/C(=C(\c1ccccc1)c1ccc(OCCN(C)C)cc1)c1ccccc1.CC[C@]1(O)C[C@H]2CN(CCc3c([nH]c4ccccc34)[C@@](C(=O)OC)(c3cc4c(cc3OC)N(C=O)[C@H]3[C@@](O)(C(=O)OC)[C@H](OC(C)=O)[C@]5(CC)C=CCN6CC[C@]43[C@@H]65)C2)C1. The zero-order valence-corrected chi connectivity index (χ0v) is 52.3. The van der Waals surface area contributed by atoms with Gasteiger partial charge in [-0.1, -0.05) is 124 Å². The highest BCUT2D eigenvalue weighted by atomic mass is 16.6. The molecule has 3 fully saturated rings. The Kier molecular flexibility index (Phi) is 17.5. The standard InChI is InChI=1S/C46H56N4O10.C26H29NO/c1-7-42(55)22-28-23-45(40(53)58-5,36-30(14-18-48(24-28)25-42)29-12-9-10-13-33(29)47-36)32-20-31-34(21-35(32)57-4)50(26-51)38-44(31)16-19-49-17-11-15-43(8-2,37(44)49)39(60-27(3)52)46(38,56)41(54)59-6;1-4-25(21-11-7-5-8-12-21)26(22-13-9-6-10-14-22)23-15-17-24(18-16-23)28-20-19-27(2)3/h9-13,15,20-21,26,28,37-39,47,55-56H,7-8,14,16-19,22-25H2,1-6H3;5-18H,4,19-20H2,1-3H3/b;26-25-/t28-,37+,38-,39-,42+,43-,44-,45+,46+;/m1./s1. The van der Waals surface area contributed by atoms with Crippen molar-refractivity contribution in [2.24, 2.45) is 11.3 Å². The largest absolute Gasteiger partial charge is 0.496 e. The number of amides is 1. The number of piperidine rings is 1. The molecule has 1 unspecified atom stereocenters. The first-order valence-electron chi connectivity index (χ1n) is 31.2. The number of carbonyl (C=O) groups excluding carboxylic acids is 4. The van der Waals surface area contributed by atoms with Gasteiger partial charge < -0.3 is 48.7 Å². The van der Waals surface area contributed by atoms with Crippen molar-refractivity contribution < 1.29 is 53.1 Å². The molecule has 5 aromatic carbocycles. The number of nitrogens with one attached hydrogen (secondary N) is 1. The summed E-state index contributed by atoms with van der Waals surface area (Å²) in [7, 11) is 8.20. The molecule has 16 nitrogen and oxygen atoms in total. The Morgan fingerprint density at radius 1 is 0.784 bits per heavy atom. The molecule has 0 radical (unpaired) electrons. The normalized spacial score (nSPS) is 28.7. The number of allylic oxidation sites excluding steroid dienone is 1. The Hall–Kier alpha value is -7.60. The van der Waals surface area contributed by atoms with Crippen LogP contribution in [0.5, 0.6) is 11.5 Å². The van der Waals surface area contributed by atoms with Gasteiger partial charge in [-0.15, -0.1) is 0 Å². The minimum Gasteiger partial charge on any atom is -0.496 e. The number of para-hydroxylation sites is 1. The number of nitrogens with zero attached hydrogens (tertiary/aromatic N) is 4. The van der Waals surface area contributed by atoms with Crippen LogP contribution >= 0.6 is 0 Å². The lowest BCUT2D eigenvalue weighted by molar-refractivity contribution is -0.228. The van der Waals surface area contributed by atoms with Gasteiger partial charge in [0.05, 0.1) is 38.7 Å². The number of carbonyl (C=O) groups is 4. The van der Waals surface area contributed by atoms with Crippen LogP contribution in [0.4, 0.5) is 5.69 Å². The van der Waals surface area contributed by atoms with Crippen LogP contribution in [0.1, 0.15) is 105 Å². The highest BCUT2D eigenvalue weighted by molar-refractivity contribution is 5.99. The van der Waals surface area contributed by atoms with Crippen molar-refractivity contribution in [2.75, 3.05) is 86.2 Å². The van der Waals surface area contributed by atoms with Gasteiger partial charge in [0.25, 0.3) is 0 Å². The molecule has 1 aliphatic carbocycles. The number of rotatable bonds is 16. The third kappa shape index (κ3) is 10.2. The van der Waals surface area contributed by atoms with E-state index in [-0.39, 0.29) is 12.3 Å². The van der Waals surface area contributed by atoms with E-state index in [1.54, 1.807) is 6.07 Å².